The minimum absolute atomic E-state index is 0. The van der Waals surface area contributed by atoms with Gasteiger partial charge in [0.05, 0.1) is 11.7 Å². The molecule has 0 aliphatic carbocycles. The molecule has 0 aromatic carbocycles. The van der Waals surface area contributed by atoms with Gasteiger partial charge >= 0.3 is 0 Å². The van der Waals surface area contributed by atoms with E-state index in [1.807, 2.05) is 36.7 Å². The number of hydrogen-bond donors (Lipinski definition) is 1. The van der Waals surface area contributed by atoms with Crippen LogP contribution in [0.4, 0.5) is 0 Å². The Labute approximate surface area is 172 Å². The maximum Gasteiger partial charge on any atom is 0.263 e. The number of nitrogens with zero attached hydrogens (tertiary/aromatic N) is 3. The Hall–Kier alpha value is -1.74. The number of likely N-dealkylation sites (N-methyl/N-ethyl adjacent to an activating group) is 1. The van der Waals surface area contributed by atoms with Crippen molar-refractivity contribution in [2.75, 3.05) is 20.1 Å². The Morgan fingerprint density at radius 2 is 2.11 bits per heavy atom. The van der Waals surface area contributed by atoms with Crippen LogP contribution in [0.1, 0.15) is 13.8 Å². The fourth-order valence-electron chi connectivity index (χ4n) is 2.75. The van der Waals surface area contributed by atoms with Gasteiger partial charge in [0.2, 0.25) is 5.91 Å². The smallest absolute Gasteiger partial charge is 0.263 e. The molecule has 146 valence electrons. The normalized spacial score (nSPS) is 11.4. The van der Waals surface area contributed by atoms with E-state index in [2.05, 4.69) is 4.98 Å². The third-order valence-corrected chi connectivity index (χ3v) is 6.09. The van der Waals surface area contributed by atoms with Crippen molar-refractivity contribution in [2.45, 2.75) is 20.4 Å². The molecule has 9 heteroatoms. The van der Waals surface area contributed by atoms with Crippen LogP contribution in [0.2, 0.25) is 0 Å². The molecule has 0 unspecified atom stereocenters. The molecule has 1 amide bonds. The van der Waals surface area contributed by atoms with Gasteiger partial charge in [0.15, 0.2) is 0 Å². The predicted octanol–water partition coefficient (Wildman–Crippen LogP) is 3.05. The van der Waals surface area contributed by atoms with Gasteiger partial charge in [-0.05, 0) is 23.4 Å². The topological polar surface area (TPSA) is 81.2 Å². The first-order chi connectivity index (χ1) is 12.3. The molecular weight excluding hydrogens is 404 g/mol. The van der Waals surface area contributed by atoms with E-state index in [0.717, 1.165) is 10.4 Å². The highest BCUT2D eigenvalue weighted by Crippen LogP contribution is 2.33. The summed E-state index contributed by atoms with van der Waals surface area (Å²) >= 11 is 3.03. The van der Waals surface area contributed by atoms with Crippen molar-refractivity contribution < 1.29 is 4.79 Å². The fourth-order valence-corrected chi connectivity index (χ4v) is 4.48. The maximum atomic E-state index is 12.9. The summed E-state index contributed by atoms with van der Waals surface area (Å²) in [6.45, 7) is 5.01. The number of hydrogen-bond acceptors (Lipinski definition) is 6. The van der Waals surface area contributed by atoms with Crippen LogP contribution in [0.25, 0.3) is 20.7 Å². The highest BCUT2D eigenvalue weighted by molar-refractivity contribution is 7.18. The maximum absolute atomic E-state index is 12.9. The van der Waals surface area contributed by atoms with Gasteiger partial charge in [-0.25, -0.2) is 4.98 Å². The Morgan fingerprint density at radius 1 is 1.37 bits per heavy atom. The van der Waals surface area contributed by atoms with Gasteiger partial charge in [-0.1, -0.05) is 19.9 Å². The van der Waals surface area contributed by atoms with Crippen LogP contribution in [-0.2, 0) is 11.3 Å². The lowest BCUT2D eigenvalue weighted by Crippen LogP contribution is -2.42. The zero-order valence-corrected chi connectivity index (χ0v) is 17.9. The molecule has 0 spiro atoms. The molecule has 0 bridgehead atoms. The van der Waals surface area contributed by atoms with Crippen molar-refractivity contribution >= 4 is 51.2 Å². The van der Waals surface area contributed by atoms with Crippen LogP contribution >= 0.6 is 35.1 Å². The molecule has 3 aromatic heterocycles. The first kappa shape index (κ1) is 21.6. The van der Waals surface area contributed by atoms with Gasteiger partial charge < -0.3 is 10.6 Å². The Balaban J connectivity index is 0.00000261. The Bertz CT molecular complexity index is 979. The number of aromatic nitrogens is 2. The van der Waals surface area contributed by atoms with E-state index >= 15 is 0 Å². The second-order valence-electron chi connectivity index (χ2n) is 7.10. The number of rotatable bonds is 6. The molecule has 27 heavy (non-hydrogen) atoms. The minimum Gasteiger partial charge on any atom is -0.344 e. The summed E-state index contributed by atoms with van der Waals surface area (Å²) < 4.78 is 1.39. The molecule has 0 radical (unpaired) electrons. The monoisotopic (exact) mass is 426 g/mol. The van der Waals surface area contributed by atoms with Gasteiger partial charge in [-0.3, -0.25) is 14.2 Å². The zero-order chi connectivity index (χ0) is 18.9. The molecule has 0 aliphatic rings. The van der Waals surface area contributed by atoms with Crippen molar-refractivity contribution in [3.8, 4) is 10.4 Å². The van der Waals surface area contributed by atoms with Crippen LogP contribution in [0.15, 0.2) is 34.0 Å². The van der Waals surface area contributed by atoms with Crippen LogP contribution in [0, 0.1) is 5.41 Å². The second kappa shape index (κ2) is 8.52. The van der Waals surface area contributed by atoms with E-state index in [0.29, 0.717) is 23.3 Å². The average molecular weight is 427 g/mol. The summed E-state index contributed by atoms with van der Waals surface area (Å²) in [6, 6.07) is 3.94. The molecule has 6 nitrogen and oxygen atoms in total. The van der Waals surface area contributed by atoms with Crippen LogP contribution in [-0.4, -0.2) is 40.5 Å². The molecule has 2 N–H and O–H groups in total. The van der Waals surface area contributed by atoms with E-state index in [9.17, 15) is 9.59 Å². The van der Waals surface area contributed by atoms with Gasteiger partial charge in [0.1, 0.15) is 11.4 Å². The lowest BCUT2D eigenvalue weighted by atomic mass is 9.93. The number of fused-ring (bicyclic) bond motifs is 1. The summed E-state index contributed by atoms with van der Waals surface area (Å²) in [5, 5.41) is 4.51. The molecule has 3 rings (SSSR count). The quantitative estimate of drug-likeness (QED) is 0.656. The number of amides is 1. The summed E-state index contributed by atoms with van der Waals surface area (Å²) in [4.78, 5) is 33.2. The summed E-state index contributed by atoms with van der Waals surface area (Å²) in [5.41, 5.74) is 6.28. The van der Waals surface area contributed by atoms with Crippen molar-refractivity contribution in [2.24, 2.45) is 11.1 Å². The van der Waals surface area contributed by atoms with Crippen molar-refractivity contribution in [3.63, 3.8) is 0 Å². The van der Waals surface area contributed by atoms with Gasteiger partial charge in [0, 0.05) is 29.4 Å². The lowest BCUT2D eigenvalue weighted by molar-refractivity contribution is -0.131. The van der Waals surface area contributed by atoms with Gasteiger partial charge in [0.25, 0.3) is 5.56 Å². The van der Waals surface area contributed by atoms with E-state index in [4.69, 9.17) is 5.73 Å². The van der Waals surface area contributed by atoms with Crippen molar-refractivity contribution in [1.29, 1.82) is 0 Å². The average Bonchev–Trinajstić information content (AvgIpc) is 3.26. The SMILES string of the molecule is CN(CC(C)(C)CN)C(=O)Cn1cnc2scc(-c3cccs3)c2c1=O.Cl. The largest absolute Gasteiger partial charge is 0.344 e. The van der Waals surface area contributed by atoms with Crippen LogP contribution in [0.3, 0.4) is 0 Å². The molecule has 0 atom stereocenters. The van der Waals surface area contributed by atoms with E-state index < -0.39 is 0 Å². The zero-order valence-electron chi connectivity index (χ0n) is 15.5. The first-order valence-electron chi connectivity index (χ1n) is 8.27. The van der Waals surface area contributed by atoms with E-state index in [1.54, 1.807) is 23.3 Å². The highest BCUT2D eigenvalue weighted by Gasteiger charge is 2.22. The van der Waals surface area contributed by atoms with Crippen LogP contribution in [0.5, 0.6) is 0 Å². The molecule has 0 saturated heterocycles. The number of carbonyl (C=O) groups excluding carboxylic acids is 1. The van der Waals surface area contributed by atoms with E-state index in [-0.39, 0.29) is 35.8 Å². The Morgan fingerprint density at radius 3 is 2.74 bits per heavy atom. The van der Waals surface area contributed by atoms with Crippen LogP contribution < -0.4 is 11.3 Å². The minimum atomic E-state index is -0.181. The summed E-state index contributed by atoms with van der Waals surface area (Å²) in [6.07, 6.45) is 1.46. The second-order valence-corrected chi connectivity index (χ2v) is 8.91. The molecule has 0 saturated carbocycles. The third kappa shape index (κ3) is 4.57. The predicted molar refractivity (Wildman–Crippen MR) is 115 cm³/mol. The first-order valence-corrected chi connectivity index (χ1v) is 10.0. The number of halogens is 1. The molecule has 0 aliphatic heterocycles. The Kier molecular flexibility index (Phi) is 6.80. The third-order valence-electron chi connectivity index (χ3n) is 4.30. The van der Waals surface area contributed by atoms with Gasteiger partial charge in [-0.15, -0.1) is 35.1 Å². The number of nitrogens with two attached hydrogens (primary N) is 1. The van der Waals surface area contributed by atoms with Gasteiger partial charge in [-0.2, -0.15) is 0 Å². The summed E-state index contributed by atoms with van der Waals surface area (Å²) in [5.74, 6) is -0.136. The van der Waals surface area contributed by atoms with Crippen molar-refractivity contribution in [1.82, 2.24) is 14.5 Å². The lowest BCUT2D eigenvalue weighted by Gasteiger charge is -2.29. The molecule has 3 heterocycles. The van der Waals surface area contributed by atoms with Crippen molar-refractivity contribution in [3.05, 3.63) is 39.6 Å². The molecular formula is C18H23ClN4O2S2. The number of thiophene rings is 2. The highest BCUT2D eigenvalue weighted by atomic mass is 35.5. The molecule has 3 aromatic rings. The standard InChI is InChI=1S/C18H22N4O2S2.ClH/c1-18(2,9-19)10-21(3)14(23)7-22-11-20-16-15(17(22)24)12(8-26-16)13-5-4-6-25-13;/h4-6,8,11H,7,9-10,19H2,1-3H3;1H. The number of carbonyl (C=O) groups is 1. The van der Waals surface area contributed by atoms with E-state index in [1.165, 1.54) is 22.2 Å². The molecule has 0 fully saturated rings. The summed E-state index contributed by atoms with van der Waals surface area (Å²) in [7, 11) is 1.73. The fraction of sp³-hybridized carbons (Fsp3) is 0.389.